The zero-order chi connectivity index (χ0) is 17.7. The van der Waals surface area contributed by atoms with Crippen LogP contribution in [-0.2, 0) is 0 Å². The van der Waals surface area contributed by atoms with Gasteiger partial charge in [0, 0.05) is 16.3 Å². The molecule has 0 unspecified atom stereocenters. The second-order valence-electron chi connectivity index (χ2n) is 4.71. The molecule has 7 heteroatoms. The van der Waals surface area contributed by atoms with Crippen LogP contribution in [0.3, 0.4) is 0 Å². The van der Waals surface area contributed by atoms with Crippen molar-refractivity contribution in [2.75, 3.05) is 14.2 Å². The number of nitrogens with two attached hydrogens (primary N) is 1. The van der Waals surface area contributed by atoms with Crippen LogP contribution in [0.25, 0.3) is 5.70 Å². The smallest absolute Gasteiger partial charge is 0.133 e. The van der Waals surface area contributed by atoms with Gasteiger partial charge in [0.25, 0.3) is 0 Å². The molecule has 0 aliphatic carbocycles. The average molecular weight is 383 g/mol. The van der Waals surface area contributed by atoms with Gasteiger partial charge in [0.1, 0.15) is 11.5 Å². The second-order valence-corrected chi connectivity index (χ2v) is 6.63. The Hall–Kier alpha value is -1.82. The Labute approximate surface area is 155 Å². The maximum absolute atomic E-state index is 8.16. The highest BCUT2D eigenvalue weighted by Crippen LogP contribution is 2.34. The number of benzene rings is 2. The largest absolute Gasteiger partial charge is 0.497 e. The Balaban J connectivity index is 2.23. The van der Waals surface area contributed by atoms with Gasteiger partial charge in [-0.1, -0.05) is 35.0 Å². The maximum Gasteiger partial charge on any atom is 0.133 e. The fourth-order valence-electron chi connectivity index (χ4n) is 1.95. The van der Waals surface area contributed by atoms with Crippen LogP contribution in [0.1, 0.15) is 5.56 Å². The number of thioether (sulfide) groups is 1. The highest BCUT2D eigenvalue weighted by atomic mass is 35.5. The molecule has 0 aliphatic heterocycles. The maximum atomic E-state index is 8.16. The average Bonchev–Trinajstić information content (AvgIpc) is 2.54. The van der Waals surface area contributed by atoms with Gasteiger partial charge in [0.2, 0.25) is 0 Å². The van der Waals surface area contributed by atoms with Gasteiger partial charge < -0.3 is 15.2 Å². The summed E-state index contributed by atoms with van der Waals surface area (Å²) in [5.74, 6) is 1.34. The molecular formula is C17H16Cl2N2O2S. The van der Waals surface area contributed by atoms with Crippen molar-refractivity contribution < 1.29 is 9.47 Å². The summed E-state index contributed by atoms with van der Waals surface area (Å²) in [6.07, 6.45) is 1.54. The van der Waals surface area contributed by atoms with Gasteiger partial charge >= 0.3 is 0 Å². The minimum atomic E-state index is 0.241. The van der Waals surface area contributed by atoms with E-state index in [1.54, 1.807) is 56.7 Å². The number of rotatable bonds is 5. The summed E-state index contributed by atoms with van der Waals surface area (Å²) >= 11 is 13.2. The van der Waals surface area contributed by atoms with Crippen molar-refractivity contribution >= 4 is 45.7 Å². The molecule has 0 aromatic heterocycles. The fourth-order valence-corrected chi connectivity index (χ4v) is 3.32. The van der Waals surface area contributed by atoms with Crippen LogP contribution in [0.15, 0.2) is 47.4 Å². The van der Waals surface area contributed by atoms with Gasteiger partial charge in [-0.15, -0.1) is 0 Å². The summed E-state index contributed by atoms with van der Waals surface area (Å²) in [5.41, 5.74) is 7.06. The third-order valence-electron chi connectivity index (χ3n) is 3.12. The molecule has 24 heavy (non-hydrogen) atoms. The van der Waals surface area contributed by atoms with E-state index < -0.39 is 0 Å². The van der Waals surface area contributed by atoms with E-state index in [2.05, 4.69) is 0 Å². The van der Waals surface area contributed by atoms with Crippen molar-refractivity contribution in [3.63, 3.8) is 0 Å². The number of methoxy groups -OCH3 is 2. The molecule has 0 saturated heterocycles. The van der Waals surface area contributed by atoms with Gasteiger partial charge in [-0.3, -0.25) is 5.41 Å². The molecule has 0 spiro atoms. The third kappa shape index (κ3) is 4.60. The molecular weight excluding hydrogens is 367 g/mol. The van der Waals surface area contributed by atoms with E-state index in [0.29, 0.717) is 32.8 Å². The molecule has 2 rings (SSSR count). The first-order valence-electron chi connectivity index (χ1n) is 6.85. The predicted octanol–water partition coefficient (Wildman–Crippen LogP) is 5.08. The van der Waals surface area contributed by atoms with Crippen molar-refractivity contribution in [3.8, 4) is 11.5 Å². The lowest BCUT2D eigenvalue weighted by atomic mass is 10.1. The summed E-state index contributed by atoms with van der Waals surface area (Å²) in [6.45, 7) is 0. The van der Waals surface area contributed by atoms with Crippen LogP contribution in [0.4, 0.5) is 0 Å². The topological polar surface area (TPSA) is 68.3 Å². The van der Waals surface area contributed by atoms with Crippen molar-refractivity contribution in [1.29, 1.82) is 5.41 Å². The molecule has 4 nitrogen and oxygen atoms in total. The van der Waals surface area contributed by atoms with E-state index in [1.807, 2.05) is 0 Å². The van der Waals surface area contributed by atoms with E-state index >= 15 is 0 Å². The molecule has 0 aliphatic rings. The number of halogens is 2. The summed E-state index contributed by atoms with van der Waals surface area (Å²) < 4.78 is 10.5. The summed E-state index contributed by atoms with van der Waals surface area (Å²) in [7, 11) is 3.16. The van der Waals surface area contributed by atoms with Crippen LogP contribution in [-0.4, -0.2) is 19.3 Å². The Morgan fingerprint density at radius 2 is 1.88 bits per heavy atom. The number of nitrogens with one attached hydrogen (secondary N) is 1. The lowest BCUT2D eigenvalue weighted by molar-refractivity contribution is 0.394. The van der Waals surface area contributed by atoms with Crippen molar-refractivity contribution in [1.82, 2.24) is 0 Å². The zero-order valence-corrected chi connectivity index (χ0v) is 15.4. The summed E-state index contributed by atoms with van der Waals surface area (Å²) in [6, 6.07) is 10.4. The summed E-state index contributed by atoms with van der Waals surface area (Å²) in [4.78, 5) is 0.758. The third-order valence-corrected chi connectivity index (χ3v) is 4.54. The highest BCUT2D eigenvalue weighted by molar-refractivity contribution is 8.14. The Bertz CT molecular complexity index is 794. The van der Waals surface area contributed by atoms with E-state index in [4.69, 9.17) is 43.8 Å². The SMILES string of the molecule is COc1ccc(OC)c(SC(=N)/C=C(\N)c2ccc(Cl)cc2Cl)c1. The molecule has 0 amide bonds. The second kappa shape index (κ2) is 8.33. The Morgan fingerprint density at radius 1 is 1.12 bits per heavy atom. The molecule has 0 bridgehead atoms. The highest BCUT2D eigenvalue weighted by Gasteiger charge is 2.10. The minimum absolute atomic E-state index is 0.241. The summed E-state index contributed by atoms with van der Waals surface area (Å²) in [5, 5.41) is 9.37. The van der Waals surface area contributed by atoms with Crippen molar-refractivity contribution in [2.45, 2.75) is 4.90 Å². The van der Waals surface area contributed by atoms with Crippen LogP contribution >= 0.6 is 35.0 Å². The molecule has 126 valence electrons. The molecule has 3 N–H and O–H groups in total. The van der Waals surface area contributed by atoms with E-state index in [0.717, 1.165) is 4.90 Å². The molecule has 0 atom stereocenters. The van der Waals surface area contributed by atoms with Crippen molar-refractivity contribution in [2.24, 2.45) is 5.73 Å². The molecule has 0 saturated carbocycles. The fraction of sp³-hybridized carbons (Fsp3) is 0.118. The minimum Gasteiger partial charge on any atom is -0.497 e. The first kappa shape index (κ1) is 18.5. The normalized spacial score (nSPS) is 11.2. The number of ether oxygens (including phenoxy) is 2. The van der Waals surface area contributed by atoms with Crippen molar-refractivity contribution in [3.05, 3.63) is 58.1 Å². The van der Waals surface area contributed by atoms with Gasteiger partial charge in [-0.2, -0.15) is 0 Å². The first-order valence-corrected chi connectivity index (χ1v) is 8.43. The molecule has 2 aromatic rings. The van der Waals surface area contributed by atoms with Crippen LogP contribution < -0.4 is 15.2 Å². The molecule has 0 radical (unpaired) electrons. The Kier molecular flexibility index (Phi) is 6.43. The van der Waals surface area contributed by atoms with Gasteiger partial charge in [-0.25, -0.2) is 0 Å². The number of hydrogen-bond acceptors (Lipinski definition) is 5. The monoisotopic (exact) mass is 382 g/mol. The van der Waals surface area contributed by atoms with Crippen LogP contribution in [0.2, 0.25) is 10.0 Å². The van der Waals surface area contributed by atoms with Gasteiger partial charge in [0.15, 0.2) is 0 Å². The predicted molar refractivity (Wildman–Crippen MR) is 102 cm³/mol. The Morgan fingerprint density at radius 3 is 2.50 bits per heavy atom. The van der Waals surface area contributed by atoms with Crippen LogP contribution in [0, 0.1) is 5.41 Å². The van der Waals surface area contributed by atoms with Gasteiger partial charge in [-0.05, 0) is 42.5 Å². The zero-order valence-electron chi connectivity index (χ0n) is 13.1. The standard InChI is InChI=1S/C17H16Cl2N2O2S/c1-22-11-4-6-15(23-2)16(8-11)24-17(21)9-14(20)12-5-3-10(18)7-13(12)19/h3-9,21H,20H2,1-2H3/b14-9-,21-17?. The van der Waals surface area contributed by atoms with E-state index in [1.165, 1.54) is 11.8 Å². The number of hydrogen-bond donors (Lipinski definition) is 2. The quantitative estimate of drug-likeness (QED) is 0.429. The van der Waals surface area contributed by atoms with E-state index in [9.17, 15) is 0 Å². The van der Waals surface area contributed by atoms with Crippen LogP contribution in [0.5, 0.6) is 11.5 Å². The first-order chi connectivity index (χ1) is 11.4. The molecule has 2 aromatic carbocycles. The molecule has 0 heterocycles. The van der Waals surface area contributed by atoms with Gasteiger partial charge in [0.05, 0.1) is 29.2 Å². The lowest BCUT2D eigenvalue weighted by Gasteiger charge is -2.10. The molecule has 0 fully saturated rings. The van der Waals surface area contributed by atoms with E-state index in [-0.39, 0.29) is 5.04 Å². The lowest BCUT2D eigenvalue weighted by Crippen LogP contribution is -2.00.